The van der Waals surface area contributed by atoms with Crippen LogP contribution in [-0.2, 0) is 0 Å². The number of allylic oxidation sites excluding steroid dienone is 2. The van der Waals surface area contributed by atoms with E-state index in [-0.39, 0.29) is 0 Å². The van der Waals surface area contributed by atoms with Crippen molar-refractivity contribution in [2.24, 2.45) is 10.8 Å². The van der Waals surface area contributed by atoms with Gasteiger partial charge in [-0.15, -0.1) is 0 Å². The van der Waals surface area contributed by atoms with Crippen LogP contribution in [-0.4, -0.2) is 12.2 Å². The molecule has 0 spiro atoms. The molecule has 0 heterocycles. The number of benzene rings is 1. The van der Waals surface area contributed by atoms with E-state index in [0.29, 0.717) is 5.92 Å². The number of nitrogens with zero attached hydrogens (tertiary/aromatic N) is 1. The monoisotopic (exact) mass is 229 g/mol. The molecule has 1 aromatic carbocycles. The minimum atomic E-state index is -0.650. The molecule has 1 aromatic rings. The predicted octanol–water partition coefficient (Wildman–Crippen LogP) is 2.23. The fourth-order valence-corrected chi connectivity index (χ4v) is 2.24. The molecule has 0 aromatic heterocycles. The quantitative estimate of drug-likeness (QED) is 0.592. The maximum absolute atomic E-state index is 10.5. The summed E-state index contributed by atoms with van der Waals surface area (Å²) < 4.78 is 0. The van der Waals surface area contributed by atoms with E-state index in [1.165, 1.54) is 16.7 Å². The van der Waals surface area contributed by atoms with Crippen LogP contribution in [0.15, 0.2) is 34.9 Å². The van der Waals surface area contributed by atoms with Gasteiger partial charge in [0.15, 0.2) is 0 Å². The van der Waals surface area contributed by atoms with Gasteiger partial charge in [-0.25, -0.2) is 10.2 Å². The first kappa shape index (κ1) is 11.4. The highest BCUT2D eigenvalue weighted by Crippen LogP contribution is 2.40. The molecule has 17 heavy (non-hydrogen) atoms. The number of urea groups is 1. The molecule has 4 nitrogen and oxygen atoms in total. The third-order valence-electron chi connectivity index (χ3n) is 3.11. The summed E-state index contributed by atoms with van der Waals surface area (Å²) >= 11 is 0. The number of primary amides is 1. The predicted molar refractivity (Wildman–Crippen MR) is 68.7 cm³/mol. The largest absolute Gasteiger partial charge is 0.350 e. The molecular weight excluding hydrogens is 214 g/mol. The average Bonchev–Trinajstić information content (AvgIpc) is 2.54. The zero-order valence-corrected chi connectivity index (χ0v) is 9.90. The highest BCUT2D eigenvalue weighted by Gasteiger charge is 2.23. The van der Waals surface area contributed by atoms with Crippen molar-refractivity contribution >= 4 is 17.8 Å². The van der Waals surface area contributed by atoms with Crippen LogP contribution in [0.2, 0.25) is 0 Å². The Balaban J connectivity index is 2.29. The summed E-state index contributed by atoms with van der Waals surface area (Å²) in [6.45, 7) is 4.19. The van der Waals surface area contributed by atoms with Gasteiger partial charge in [-0.2, -0.15) is 5.10 Å². The summed E-state index contributed by atoms with van der Waals surface area (Å²) in [5.74, 6) is 0.296. The van der Waals surface area contributed by atoms with Crippen molar-refractivity contribution in [1.29, 1.82) is 0 Å². The Kier molecular flexibility index (Phi) is 2.95. The number of fused-ring (bicyclic) bond motifs is 1. The van der Waals surface area contributed by atoms with Crippen LogP contribution in [0.5, 0.6) is 0 Å². The number of hydrazone groups is 1. The van der Waals surface area contributed by atoms with Gasteiger partial charge in [-0.05, 0) is 29.2 Å². The lowest BCUT2D eigenvalue weighted by molar-refractivity contribution is 0.249. The Bertz CT molecular complexity index is 517. The second kappa shape index (κ2) is 4.41. The topological polar surface area (TPSA) is 67.5 Å². The van der Waals surface area contributed by atoms with Gasteiger partial charge < -0.3 is 5.73 Å². The number of amides is 2. The fraction of sp³-hybridized carbons (Fsp3) is 0.231. The lowest BCUT2D eigenvalue weighted by Crippen LogP contribution is -2.24. The second-order valence-electron chi connectivity index (χ2n) is 4.12. The van der Waals surface area contributed by atoms with Crippen molar-refractivity contribution in [3.05, 3.63) is 41.0 Å². The second-order valence-corrected chi connectivity index (χ2v) is 4.12. The highest BCUT2D eigenvalue weighted by molar-refractivity contribution is 5.96. The summed E-state index contributed by atoms with van der Waals surface area (Å²) in [6, 6.07) is 7.62. The van der Waals surface area contributed by atoms with E-state index in [4.69, 9.17) is 5.73 Å². The number of carbonyl (C=O) groups excluding carboxylic acids is 1. The van der Waals surface area contributed by atoms with Gasteiger partial charge in [-0.3, -0.25) is 0 Å². The SMILES string of the molecule is CC1=C(/C=N\NC(N)=O)[C@@H](C)c2ccccc21. The molecule has 88 valence electrons. The molecule has 0 bridgehead atoms. The number of carbonyl (C=O) groups is 1. The van der Waals surface area contributed by atoms with Crippen molar-refractivity contribution in [2.45, 2.75) is 19.8 Å². The van der Waals surface area contributed by atoms with Crippen LogP contribution in [0, 0.1) is 0 Å². The molecule has 3 N–H and O–H groups in total. The van der Waals surface area contributed by atoms with Crippen LogP contribution in [0.1, 0.15) is 30.9 Å². The molecule has 1 aliphatic carbocycles. The van der Waals surface area contributed by atoms with E-state index in [0.717, 1.165) is 5.57 Å². The number of rotatable bonds is 2. The van der Waals surface area contributed by atoms with E-state index in [2.05, 4.69) is 36.5 Å². The Labute approximate surface area is 100 Å². The van der Waals surface area contributed by atoms with Gasteiger partial charge in [0.25, 0.3) is 0 Å². The van der Waals surface area contributed by atoms with Crippen molar-refractivity contribution in [2.75, 3.05) is 0 Å². The van der Waals surface area contributed by atoms with E-state index >= 15 is 0 Å². The third kappa shape index (κ3) is 2.06. The van der Waals surface area contributed by atoms with Crippen LogP contribution in [0.25, 0.3) is 5.57 Å². The molecule has 0 aliphatic heterocycles. The van der Waals surface area contributed by atoms with Gasteiger partial charge >= 0.3 is 6.03 Å². The van der Waals surface area contributed by atoms with Crippen LogP contribution in [0.3, 0.4) is 0 Å². The molecule has 4 heteroatoms. The van der Waals surface area contributed by atoms with Crippen LogP contribution < -0.4 is 11.2 Å². The van der Waals surface area contributed by atoms with Crippen molar-refractivity contribution < 1.29 is 4.79 Å². The minimum absolute atomic E-state index is 0.296. The van der Waals surface area contributed by atoms with Crippen LogP contribution >= 0.6 is 0 Å². The number of nitrogens with two attached hydrogens (primary N) is 1. The Morgan fingerprint density at radius 2 is 2.18 bits per heavy atom. The molecule has 0 radical (unpaired) electrons. The molecular formula is C13H15N3O. The number of hydrogen-bond donors (Lipinski definition) is 2. The molecule has 0 unspecified atom stereocenters. The first-order chi connectivity index (χ1) is 8.11. The Morgan fingerprint density at radius 3 is 2.82 bits per heavy atom. The summed E-state index contributed by atoms with van der Waals surface area (Å²) in [5.41, 5.74) is 12.0. The normalized spacial score (nSPS) is 18.6. The highest BCUT2D eigenvalue weighted by atomic mass is 16.2. The van der Waals surface area contributed by atoms with Gasteiger partial charge in [0, 0.05) is 5.92 Å². The lowest BCUT2D eigenvalue weighted by atomic mass is 9.99. The van der Waals surface area contributed by atoms with E-state index in [9.17, 15) is 4.79 Å². The Hall–Kier alpha value is -2.10. The molecule has 0 fully saturated rings. The van der Waals surface area contributed by atoms with Gasteiger partial charge in [-0.1, -0.05) is 31.2 Å². The third-order valence-corrected chi connectivity index (χ3v) is 3.11. The molecule has 2 amide bonds. The lowest BCUT2D eigenvalue weighted by Gasteiger charge is -2.06. The fourth-order valence-electron chi connectivity index (χ4n) is 2.24. The molecule has 0 saturated heterocycles. The van der Waals surface area contributed by atoms with Crippen LogP contribution in [0.4, 0.5) is 4.79 Å². The first-order valence-electron chi connectivity index (χ1n) is 5.50. The molecule has 1 aliphatic rings. The Morgan fingerprint density at radius 1 is 1.47 bits per heavy atom. The molecule has 2 rings (SSSR count). The summed E-state index contributed by atoms with van der Waals surface area (Å²) in [5, 5.41) is 3.83. The molecule has 0 saturated carbocycles. The number of hydrogen-bond acceptors (Lipinski definition) is 2. The summed E-state index contributed by atoms with van der Waals surface area (Å²) in [4.78, 5) is 10.5. The van der Waals surface area contributed by atoms with Crippen molar-refractivity contribution in [3.8, 4) is 0 Å². The zero-order valence-electron chi connectivity index (χ0n) is 9.90. The van der Waals surface area contributed by atoms with Crippen molar-refractivity contribution in [3.63, 3.8) is 0 Å². The minimum Gasteiger partial charge on any atom is -0.350 e. The van der Waals surface area contributed by atoms with Gasteiger partial charge in [0.1, 0.15) is 0 Å². The van der Waals surface area contributed by atoms with Gasteiger partial charge in [0.05, 0.1) is 6.21 Å². The number of nitrogens with one attached hydrogen (secondary N) is 1. The maximum atomic E-state index is 10.5. The van der Waals surface area contributed by atoms with E-state index in [1.807, 2.05) is 12.1 Å². The van der Waals surface area contributed by atoms with Gasteiger partial charge in [0.2, 0.25) is 0 Å². The smallest absolute Gasteiger partial charge is 0.332 e. The van der Waals surface area contributed by atoms with E-state index in [1.54, 1.807) is 6.21 Å². The maximum Gasteiger partial charge on any atom is 0.332 e. The van der Waals surface area contributed by atoms with Crippen molar-refractivity contribution in [1.82, 2.24) is 5.43 Å². The zero-order chi connectivity index (χ0) is 12.4. The first-order valence-corrected chi connectivity index (χ1v) is 5.50. The standard InChI is InChI=1S/C13H15N3O/c1-8-10-5-3-4-6-11(10)9(2)12(8)7-15-16-13(14)17/h3-8H,1-2H3,(H3,14,16,17)/b15-7-/t8-/m0/s1. The summed E-state index contributed by atoms with van der Waals surface area (Å²) in [6.07, 6.45) is 1.67. The average molecular weight is 229 g/mol. The van der Waals surface area contributed by atoms with E-state index < -0.39 is 6.03 Å². The molecule has 1 atom stereocenters. The summed E-state index contributed by atoms with van der Waals surface area (Å²) in [7, 11) is 0.